The van der Waals surface area contributed by atoms with E-state index < -0.39 is 17.6 Å². The monoisotopic (exact) mass is 418 g/mol. The van der Waals surface area contributed by atoms with Crippen LogP contribution in [0.15, 0.2) is 65.8 Å². The van der Waals surface area contributed by atoms with E-state index >= 15 is 0 Å². The van der Waals surface area contributed by atoms with Gasteiger partial charge in [-0.1, -0.05) is 36.4 Å². The molecular weight excluding hydrogens is 408 g/mol. The fourth-order valence-corrected chi connectivity index (χ4v) is 3.68. The highest BCUT2D eigenvalue weighted by Crippen LogP contribution is 2.37. The molecule has 0 saturated heterocycles. The second-order valence-corrected chi connectivity index (χ2v) is 6.91. The van der Waals surface area contributed by atoms with E-state index in [0.29, 0.717) is 33.7 Å². The summed E-state index contributed by atoms with van der Waals surface area (Å²) in [5.74, 6) is -1.32. The summed E-state index contributed by atoms with van der Waals surface area (Å²) < 4.78 is 52.9. The maximum Gasteiger partial charge on any atom is 0.419 e. The topological polar surface area (TPSA) is 42.5 Å². The molecule has 3 aromatic carbocycles. The van der Waals surface area contributed by atoms with Gasteiger partial charge in [0.1, 0.15) is 11.5 Å². The Kier molecular flexibility index (Phi) is 4.08. The quantitative estimate of drug-likeness (QED) is 0.187. The minimum absolute atomic E-state index is 0.216. The SMILES string of the molecule is [C-]#[N+]/N=C1/c2ccccc2-c2nc3cc(-c4ccc(F)c(C(F)(F)F)c4)ccc3nc21. The van der Waals surface area contributed by atoms with Gasteiger partial charge in [-0.05, 0) is 35.4 Å². The van der Waals surface area contributed by atoms with Crippen molar-refractivity contribution in [2.24, 2.45) is 5.10 Å². The van der Waals surface area contributed by atoms with Crippen molar-refractivity contribution >= 4 is 16.7 Å². The van der Waals surface area contributed by atoms with Crippen LogP contribution in [-0.2, 0) is 6.18 Å². The summed E-state index contributed by atoms with van der Waals surface area (Å²) in [6.45, 7) is 7.10. The zero-order chi connectivity index (χ0) is 21.8. The van der Waals surface area contributed by atoms with Gasteiger partial charge in [0.2, 0.25) is 0 Å². The summed E-state index contributed by atoms with van der Waals surface area (Å²) in [6.07, 6.45) is -4.79. The molecule has 4 aromatic rings. The fourth-order valence-electron chi connectivity index (χ4n) is 3.68. The molecule has 0 fully saturated rings. The van der Waals surface area contributed by atoms with Crippen LogP contribution in [0.5, 0.6) is 0 Å². The summed E-state index contributed by atoms with van der Waals surface area (Å²) in [5.41, 5.74) is 3.32. The van der Waals surface area contributed by atoms with Gasteiger partial charge >= 0.3 is 6.18 Å². The number of fused-ring (bicyclic) bond motifs is 4. The van der Waals surface area contributed by atoms with Crippen LogP contribution in [0.25, 0.3) is 38.4 Å². The molecule has 0 aliphatic heterocycles. The molecule has 1 aliphatic carbocycles. The lowest BCUT2D eigenvalue weighted by Crippen LogP contribution is -2.08. The van der Waals surface area contributed by atoms with Gasteiger partial charge < -0.3 is 0 Å². The van der Waals surface area contributed by atoms with Gasteiger partial charge in [0.25, 0.3) is 0 Å². The number of alkyl halides is 3. The average Bonchev–Trinajstić information content (AvgIpc) is 3.05. The standard InChI is InChI=1S/C23H10F4N4/c1-28-31-21-15-5-3-2-4-14(15)20-22(21)29-18-9-7-13(11-19(18)30-20)12-6-8-17(24)16(10-12)23(25,26)27/h2-11H/b31-21-. The van der Waals surface area contributed by atoms with Gasteiger partial charge in [-0.2, -0.15) is 19.7 Å². The van der Waals surface area contributed by atoms with Crippen LogP contribution >= 0.6 is 0 Å². The predicted octanol–water partition coefficient (Wildman–Crippen LogP) is 6.11. The number of rotatable bonds is 1. The van der Waals surface area contributed by atoms with Crippen molar-refractivity contribution in [1.82, 2.24) is 9.97 Å². The highest BCUT2D eigenvalue weighted by molar-refractivity contribution is 6.23. The van der Waals surface area contributed by atoms with Gasteiger partial charge in [0.05, 0.1) is 27.4 Å². The second-order valence-electron chi connectivity index (χ2n) is 6.91. The zero-order valence-electron chi connectivity index (χ0n) is 15.6. The Balaban J connectivity index is 1.69. The van der Waals surface area contributed by atoms with Crippen molar-refractivity contribution in [3.05, 3.63) is 94.8 Å². The molecule has 0 atom stereocenters. The Labute approximate surface area is 173 Å². The van der Waals surface area contributed by atoms with E-state index in [9.17, 15) is 17.6 Å². The molecule has 0 unspecified atom stereocenters. The Morgan fingerprint density at radius 3 is 2.23 bits per heavy atom. The van der Waals surface area contributed by atoms with Gasteiger partial charge in [-0.3, -0.25) is 0 Å². The van der Waals surface area contributed by atoms with Crippen LogP contribution < -0.4 is 0 Å². The van der Waals surface area contributed by atoms with Crippen molar-refractivity contribution in [1.29, 1.82) is 0 Å². The molecule has 0 spiro atoms. The molecule has 1 aromatic heterocycles. The number of benzene rings is 3. The molecule has 0 amide bonds. The van der Waals surface area contributed by atoms with Crippen LogP contribution in [0.3, 0.4) is 0 Å². The summed E-state index contributed by atoms with van der Waals surface area (Å²) in [5, 5.41) is 3.88. The van der Waals surface area contributed by atoms with Gasteiger partial charge in [0, 0.05) is 11.1 Å². The van der Waals surface area contributed by atoms with Gasteiger partial charge in [-0.15, -0.1) is 4.95 Å². The molecule has 150 valence electrons. The first-order valence-corrected chi connectivity index (χ1v) is 9.10. The fraction of sp³-hybridized carbons (Fsp3) is 0.0435. The lowest BCUT2D eigenvalue weighted by atomic mass is 10.0. The minimum atomic E-state index is -4.79. The van der Waals surface area contributed by atoms with Crippen LogP contribution in [-0.4, -0.2) is 15.7 Å². The normalized spacial score (nSPS) is 13.8. The summed E-state index contributed by atoms with van der Waals surface area (Å²) in [7, 11) is 0. The van der Waals surface area contributed by atoms with Gasteiger partial charge in [0.15, 0.2) is 5.71 Å². The van der Waals surface area contributed by atoms with E-state index in [4.69, 9.17) is 6.57 Å². The summed E-state index contributed by atoms with van der Waals surface area (Å²) in [4.78, 5) is 12.4. The summed E-state index contributed by atoms with van der Waals surface area (Å²) in [6, 6.07) is 15.1. The first kappa shape index (κ1) is 18.9. The lowest BCUT2D eigenvalue weighted by Gasteiger charge is -2.11. The summed E-state index contributed by atoms with van der Waals surface area (Å²) >= 11 is 0. The van der Waals surface area contributed by atoms with Crippen LogP contribution in [0.1, 0.15) is 16.8 Å². The number of nitrogens with zero attached hydrogens (tertiary/aromatic N) is 4. The van der Waals surface area contributed by atoms with Crippen LogP contribution in [0.2, 0.25) is 0 Å². The largest absolute Gasteiger partial charge is 0.419 e. The van der Waals surface area contributed by atoms with Crippen molar-refractivity contribution in [2.75, 3.05) is 0 Å². The number of aromatic nitrogens is 2. The molecule has 0 bridgehead atoms. The Morgan fingerprint density at radius 1 is 0.806 bits per heavy atom. The second kappa shape index (κ2) is 6.71. The van der Waals surface area contributed by atoms with E-state index in [2.05, 4.69) is 20.0 Å². The molecule has 0 saturated carbocycles. The molecule has 1 aliphatic rings. The third-order valence-electron chi connectivity index (χ3n) is 5.08. The smallest absolute Gasteiger partial charge is 0.244 e. The van der Waals surface area contributed by atoms with E-state index in [1.54, 1.807) is 18.2 Å². The van der Waals surface area contributed by atoms with E-state index in [0.717, 1.165) is 23.3 Å². The van der Waals surface area contributed by atoms with E-state index in [1.807, 2.05) is 24.3 Å². The lowest BCUT2D eigenvalue weighted by molar-refractivity contribution is -0.139. The third-order valence-corrected chi connectivity index (χ3v) is 5.08. The van der Waals surface area contributed by atoms with Crippen molar-refractivity contribution < 1.29 is 17.6 Å². The van der Waals surface area contributed by atoms with Crippen molar-refractivity contribution in [2.45, 2.75) is 6.18 Å². The maximum absolute atomic E-state index is 13.7. The zero-order valence-corrected chi connectivity index (χ0v) is 15.6. The minimum Gasteiger partial charge on any atom is -0.244 e. The van der Waals surface area contributed by atoms with Crippen LogP contribution in [0.4, 0.5) is 17.6 Å². The molecule has 8 heteroatoms. The highest BCUT2D eigenvalue weighted by atomic mass is 19.4. The first-order valence-electron chi connectivity index (χ1n) is 9.10. The molecule has 1 heterocycles. The van der Waals surface area contributed by atoms with Crippen LogP contribution in [0, 0.1) is 12.4 Å². The molecule has 0 N–H and O–H groups in total. The molecule has 4 nitrogen and oxygen atoms in total. The first-order chi connectivity index (χ1) is 14.9. The molecule has 5 rings (SSSR count). The Hall–Kier alpha value is -4.12. The van der Waals surface area contributed by atoms with E-state index in [1.165, 1.54) is 6.07 Å². The van der Waals surface area contributed by atoms with Crippen molar-refractivity contribution in [3.63, 3.8) is 0 Å². The number of halogens is 4. The number of hydrogen-bond donors (Lipinski definition) is 0. The maximum atomic E-state index is 13.7. The molecular formula is C23H10F4N4. The third kappa shape index (κ3) is 3.02. The highest BCUT2D eigenvalue weighted by Gasteiger charge is 2.34. The predicted molar refractivity (Wildman–Crippen MR) is 108 cm³/mol. The molecule has 31 heavy (non-hydrogen) atoms. The van der Waals surface area contributed by atoms with Gasteiger partial charge in [-0.25, -0.2) is 14.4 Å². The van der Waals surface area contributed by atoms with E-state index in [-0.39, 0.29) is 5.56 Å². The Bertz CT molecular complexity index is 1450. The Morgan fingerprint density at radius 2 is 1.48 bits per heavy atom. The number of hydrogen-bond acceptors (Lipinski definition) is 3. The molecule has 0 radical (unpaired) electrons. The average molecular weight is 418 g/mol. The van der Waals surface area contributed by atoms with Crippen molar-refractivity contribution in [3.8, 4) is 22.4 Å².